The minimum absolute atomic E-state index is 0.210. The Morgan fingerprint density at radius 1 is 1.08 bits per heavy atom. The molecule has 59 valence electrons. The minimum atomic E-state index is -0.210. The molecule has 1 radical (unpaired) electrons. The fourth-order valence-electron chi connectivity index (χ4n) is 1.31. The van der Waals surface area contributed by atoms with E-state index in [4.69, 9.17) is 0 Å². The maximum atomic E-state index is 12.8. The van der Waals surface area contributed by atoms with Gasteiger partial charge in [0, 0.05) is 0 Å². The Hall–Kier alpha value is -1.37. The molecule has 0 saturated heterocycles. The molecule has 0 bridgehead atoms. The maximum absolute atomic E-state index is 12.8. The van der Waals surface area contributed by atoms with Crippen LogP contribution in [0.4, 0.5) is 4.39 Å². The fraction of sp³-hybridized carbons (Fsp3) is 0. The lowest BCUT2D eigenvalue weighted by molar-refractivity contribution is 0.629. The molecule has 0 heterocycles. The van der Waals surface area contributed by atoms with E-state index in [1.54, 1.807) is 6.07 Å². The van der Waals surface area contributed by atoms with Gasteiger partial charge in [0.05, 0.1) is 0 Å². The van der Waals surface area contributed by atoms with E-state index in [0.717, 1.165) is 16.3 Å². The molecule has 0 aliphatic rings. The zero-order valence-electron chi connectivity index (χ0n) is 6.55. The molecule has 0 unspecified atom stereocenters. The number of hydrogen-bond acceptors (Lipinski definition) is 0. The minimum Gasteiger partial charge on any atom is -0.207 e. The van der Waals surface area contributed by atoms with Gasteiger partial charge in [0.1, 0.15) is 5.82 Å². The quantitative estimate of drug-likeness (QED) is 0.554. The van der Waals surface area contributed by atoms with Gasteiger partial charge in [0.2, 0.25) is 0 Å². The maximum Gasteiger partial charge on any atom is 0.123 e. The van der Waals surface area contributed by atoms with Crippen LogP contribution in [0, 0.1) is 12.7 Å². The first-order valence-corrected chi connectivity index (χ1v) is 3.77. The van der Waals surface area contributed by atoms with Gasteiger partial charge in [-0.2, -0.15) is 0 Å². The van der Waals surface area contributed by atoms with E-state index < -0.39 is 0 Å². The second-order valence-corrected chi connectivity index (χ2v) is 2.78. The van der Waals surface area contributed by atoms with E-state index in [1.165, 1.54) is 12.1 Å². The van der Waals surface area contributed by atoms with E-state index in [0.29, 0.717) is 0 Å². The molecule has 0 nitrogen and oxygen atoms in total. The number of halogens is 1. The van der Waals surface area contributed by atoms with Crippen LogP contribution in [0.5, 0.6) is 0 Å². The van der Waals surface area contributed by atoms with Crippen molar-refractivity contribution in [3.05, 3.63) is 54.7 Å². The molecule has 0 atom stereocenters. The topological polar surface area (TPSA) is 0 Å². The average molecular weight is 159 g/mol. The summed E-state index contributed by atoms with van der Waals surface area (Å²) in [5.41, 5.74) is 0.868. The summed E-state index contributed by atoms with van der Waals surface area (Å²) in [6, 6.07) is 10.5. The van der Waals surface area contributed by atoms with E-state index in [-0.39, 0.29) is 5.82 Å². The third-order valence-corrected chi connectivity index (χ3v) is 1.93. The largest absolute Gasteiger partial charge is 0.207 e. The molecule has 2 rings (SSSR count). The van der Waals surface area contributed by atoms with E-state index in [9.17, 15) is 4.39 Å². The van der Waals surface area contributed by atoms with Crippen LogP contribution >= 0.6 is 0 Å². The Bertz CT molecular complexity index is 418. The van der Waals surface area contributed by atoms with Crippen molar-refractivity contribution >= 4 is 10.8 Å². The lowest BCUT2D eigenvalue weighted by Crippen LogP contribution is -1.79. The summed E-state index contributed by atoms with van der Waals surface area (Å²) < 4.78 is 12.8. The lowest BCUT2D eigenvalue weighted by Gasteiger charge is -2.00. The zero-order chi connectivity index (χ0) is 8.55. The third kappa shape index (κ3) is 1.07. The molecule has 0 spiro atoms. The Balaban J connectivity index is 2.88. The highest BCUT2D eigenvalue weighted by molar-refractivity contribution is 5.86. The SMILES string of the molecule is [CH2]c1cccc2ccc(F)cc12. The number of benzene rings is 2. The molecule has 0 saturated carbocycles. The highest BCUT2D eigenvalue weighted by Crippen LogP contribution is 2.18. The van der Waals surface area contributed by atoms with Crippen molar-refractivity contribution in [2.24, 2.45) is 0 Å². The van der Waals surface area contributed by atoms with Gasteiger partial charge in [-0.15, -0.1) is 0 Å². The second kappa shape index (κ2) is 2.59. The van der Waals surface area contributed by atoms with Crippen molar-refractivity contribution in [1.29, 1.82) is 0 Å². The van der Waals surface area contributed by atoms with Gasteiger partial charge in [0.25, 0.3) is 0 Å². The lowest BCUT2D eigenvalue weighted by atomic mass is 10.1. The molecule has 12 heavy (non-hydrogen) atoms. The molecule has 0 amide bonds. The first-order valence-electron chi connectivity index (χ1n) is 3.77. The molecule has 2 aromatic carbocycles. The fourth-order valence-corrected chi connectivity index (χ4v) is 1.31. The molecule has 0 aromatic heterocycles. The van der Waals surface area contributed by atoms with Gasteiger partial charge in [-0.3, -0.25) is 0 Å². The number of hydrogen-bond donors (Lipinski definition) is 0. The van der Waals surface area contributed by atoms with Crippen LogP contribution in [0.25, 0.3) is 10.8 Å². The first kappa shape index (κ1) is 7.29. The van der Waals surface area contributed by atoms with Crippen molar-refractivity contribution in [1.82, 2.24) is 0 Å². The van der Waals surface area contributed by atoms with Crippen molar-refractivity contribution in [3.8, 4) is 0 Å². The van der Waals surface area contributed by atoms with Gasteiger partial charge in [-0.25, -0.2) is 4.39 Å². The molecule has 0 N–H and O–H groups in total. The standard InChI is InChI=1S/C11H8F/c1-8-3-2-4-9-5-6-10(12)7-11(8)9/h2-7H,1H2. The van der Waals surface area contributed by atoms with Crippen LogP contribution in [0.3, 0.4) is 0 Å². The van der Waals surface area contributed by atoms with Gasteiger partial charge >= 0.3 is 0 Å². The van der Waals surface area contributed by atoms with Crippen molar-refractivity contribution < 1.29 is 4.39 Å². The Labute approximate surface area is 70.6 Å². The highest BCUT2D eigenvalue weighted by atomic mass is 19.1. The summed E-state index contributed by atoms with van der Waals surface area (Å²) in [7, 11) is 0. The van der Waals surface area contributed by atoms with Gasteiger partial charge < -0.3 is 0 Å². The van der Waals surface area contributed by atoms with Gasteiger partial charge in [0.15, 0.2) is 0 Å². The number of rotatable bonds is 0. The van der Waals surface area contributed by atoms with E-state index in [1.807, 2.05) is 18.2 Å². The van der Waals surface area contributed by atoms with Crippen LogP contribution < -0.4 is 0 Å². The summed E-state index contributed by atoms with van der Waals surface area (Å²) in [6.07, 6.45) is 0. The summed E-state index contributed by atoms with van der Waals surface area (Å²) in [5.74, 6) is -0.210. The zero-order valence-corrected chi connectivity index (χ0v) is 6.55. The second-order valence-electron chi connectivity index (χ2n) is 2.78. The van der Waals surface area contributed by atoms with E-state index in [2.05, 4.69) is 6.92 Å². The first-order chi connectivity index (χ1) is 5.77. The van der Waals surface area contributed by atoms with Crippen LogP contribution in [0.1, 0.15) is 5.56 Å². The molecule has 1 heteroatoms. The van der Waals surface area contributed by atoms with Crippen LogP contribution in [-0.4, -0.2) is 0 Å². The van der Waals surface area contributed by atoms with Gasteiger partial charge in [-0.05, 0) is 35.4 Å². The van der Waals surface area contributed by atoms with Crippen molar-refractivity contribution in [2.45, 2.75) is 0 Å². The molecular formula is C11H8F. The van der Waals surface area contributed by atoms with Crippen molar-refractivity contribution in [2.75, 3.05) is 0 Å². The predicted molar refractivity (Wildman–Crippen MR) is 48.4 cm³/mol. The van der Waals surface area contributed by atoms with Crippen LogP contribution in [-0.2, 0) is 0 Å². The van der Waals surface area contributed by atoms with E-state index >= 15 is 0 Å². The number of fused-ring (bicyclic) bond motifs is 1. The monoisotopic (exact) mass is 159 g/mol. The van der Waals surface area contributed by atoms with Gasteiger partial charge in [-0.1, -0.05) is 24.3 Å². The molecular weight excluding hydrogens is 151 g/mol. The predicted octanol–water partition coefficient (Wildman–Crippen LogP) is 3.16. The summed E-state index contributed by atoms with van der Waals surface area (Å²) >= 11 is 0. The normalized spacial score (nSPS) is 10.5. The molecule has 0 aliphatic heterocycles. The molecule has 2 aromatic rings. The molecule has 0 fully saturated rings. The Morgan fingerprint density at radius 3 is 2.75 bits per heavy atom. The third-order valence-electron chi connectivity index (χ3n) is 1.93. The average Bonchev–Trinajstić information content (AvgIpc) is 2.07. The summed E-state index contributed by atoms with van der Waals surface area (Å²) in [4.78, 5) is 0. The highest BCUT2D eigenvalue weighted by Gasteiger charge is 1.97. The smallest absolute Gasteiger partial charge is 0.123 e. The van der Waals surface area contributed by atoms with Crippen LogP contribution in [0.15, 0.2) is 36.4 Å². The summed E-state index contributed by atoms with van der Waals surface area (Å²) in [6.45, 7) is 3.82. The van der Waals surface area contributed by atoms with Crippen LogP contribution in [0.2, 0.25) is 0 Å². The summed E-state index contributed by atoms with van der Waals surface area (Å²) in [5, 5.41) is 1.92. The molecule has 0 aliphatic carbocycles. The van der Waals surface area contributed by atoms with Crippen molar-refractivity contribution in [3.63, 3.8) is 0 Å². The Kier molecular flexibility index (Phi) is 1.58. The Morgan fingerprint density at radius 2 is 1.92 bits per heavy atom.